The molecule has 2 aromatic heterocycles. The largest absolute Gasteiger partial charge is 0.478 e. The summed E-state index contributed by atoms with van der Waals surface area (Å²) in [7, 11) is 0. The molecular weight excluding hydrogens is 518 g/mol. The molecule has 0 spiro atoms. The molecule has 206 valence electrons. The summed E-state index contributed by atoms with van der Waals surface area (Å²) in [5.41, 5.74) is 5.16. The highest BCUT2D eigenvalue weighted by atomic mass is 19.1. The Morgan fingerprint density at radius 1 is 1.18 bits per heavy atom. The molecule has 1 fully saturated rings. The fourth-order valence-electron chi connectivity index (χ4n) is 5.01. The Hall–Kier alpha value is -4.40. The number of aromatic nitrogens is 3. The summed E-state index contributed by atoms with van der Waals surface area (Å²) in [5, 5.41) is 34.5. The number of halogens is 2. The lowest BCUT2D eigenvalue weighted by Crippen LogP contribution is -2.40. The molecule has 1 aliphatic heterocycles. The number of hydrogen-bond acceptors (Lipinski definition) is 7. The number of carboxylic acid groups (broad SMARTS) is 1. The van der Waals surface area contributed by atoms with Crippen molar-refractivity contribution >= 4 is 22.7 Å². The number of nitrogens with zero attached hydrogens (tertiary/aromatic N) is 5. The first-order valence-corrected chi connectivity index (χ1v) is 12.8. The first-order valence-electron chi connectivity index (χ1n) is 12.8. The molecule has 40 heavy (non-hydrogen) atoms. The molecule has 9 nitrogen and oxygen atoms in total. The minimum atomic E-state index is -1.31. The van der Waals surface area contributed by atoms with E-state index in [0.717, 1.165) is 6.07 Å². The smallest absolute Gasteiger partial charge is 0.336 e. The molecule has 1 aliphatic rings. The summed E-state index contributed by atoms with van der Waals surface area (Å²) in [6.07, 6.45) is 2.88. The molecule has 0 bridgehead atoms. The maximum Gasteiger partial charge on any atom is 0.336 e. The van der Waals surface area contributed by atoms with E-state index in [1.165, 1.54) is 41.2 Å². The molecule has 2 aromatic carbocycles. The second kappa shape index (κ2) is 10.3. The third-order valence-electron chi connectivity index (χ3n) is 7.00. The number of nitriles is 1. The fraction of sp³-hybridized carbons (Fsp3) is 0.310. The van der Waals surface area contributed by atoms with Crippen molar-refractivity contribution in [3.63, 3.8) is 0 Å². The second-order valence-corrected chi connectivity index (χ2v) is 10.7. The topological polar surface area (TPSA) is 141 Å². The first kappa shape index (κ1) is 27.2. The van der Waals surface area contributed by atoms with Crippen LogP contribution in [0.3, 0.4) is 0 Å². The van der Waals surface area contributed by atoms with Gasteiger partial charge in [-0.3, -0.25) is 4.68 Å². The normalized spacial score (nSPS) is 14.5. The lowest BCUT2D eigenvalue weighted by atomic mass is 9.92. The number of rotatable bonds is 6. The SMILES string of the molecule is CC(C)(O)Cn1ncc2cc(-c3c(C(=O)O)cc(N4CCC(N)CC4)nc3-c3ccc(C#N)c(F)c3)c(F)cc21. The molecule has 3 heterocycles. The predicted octanol–water partition coefficient (Wildman–Crippen LogP) is 4.31. The second-order valence-electron chi connectivity index (χ2n) is 10.7. The van der Waals surface area contributed by atoms with Crippen LogP contribution in [0.25, 0.3) is 33.3 Å². The van der Waals surface area contributed by atoms with Gasteiger partial charge in [0.2, 0.25) is 0 Å². The number of hydrogen-bond donors (Lipinski definition) is 3. The Balaban J connectivity index is 1.76. The summed E-state index contributed by atoms with van der Waals surface area (Å²) >= 11 is 0. The van der Waals surface area contributed by atoms with Crippen LogP contribution in [0.4, 0.5) is 14.6 Å². The van der Waals surface area contributed by atoms with Gasteiger partial charge in [0.25, 0.3) is 0 Å². The van der Waals surface area contributed by atoms with E-state index in [9.17, 15) is 24.7 Å². The van der Waals surface area contributed by atoms with Gasteiger partial charge in [0.15, 0.2) is 0 Å². The van der Waals surface area contributed by atoms with Gasteiger partial charge in [-0.2, -0.15) is 10.4 Å². The summed E-state index contributed by atoms with van der Waals surface area (Å²) in [4.78, 5) is 19.3. The van der Waals surface area contributed by atoms with Crippen LogP contribution in [0.5, 0.6) is 0 Å². The predicted molar refractivity (Wildman–Crippen MR) is 146 cm³/mol. The quantitative estimate of drug-likeness (QED) is 0.325. The molecule has 0 unspecified atom stereocenters. The zero-order valence-electron chi connectivity index (χ0n) is 22.0. The van der Waals surface area contributed by atoms with Crippen molar-refractivity contribution in [1.82, 2.24) is 14.8 Å². The molecule has 4 N–H and O–H groups in total. The van der Waals surface area contributed by atoms with Crippen LogP contribution in [0, 0.1) is 23.0 Å². The van der Waals surface area contributed by atoms with E-state index in [1.807, 2.05) is 4.90 Å². The van der Waals surface area contributed by atoms with Gasteiger partial charge in [-0.1, -0.05) is 6.07 Å². The molecule has 1 saturated heterocycles. The number of nitrogens with two attached hydrogens (primary N) is 1. The zero-order valence-corrected chi connectivity index (χ0v) is 22.0. The van der Waals surface area contributed by atoms with Crippen molar-refractivity contribution < 1.29 is 23.8 Å². The van der Waals surface area contributed by atoms with E-state index in [1.54, 1.807) is 19.9 Å². The minimum absolute atomic E-state index is 0.0243. The third-order valence-corrected chi connectivity index (χ3v) is 7.00. The highest BCUT2D eigenvalue weighted by Crippen LogP contribution is 2.40. The Morgan fingerprint density at radius 2 is 1.90 bits per heavy atom. The van der Waals surface area contributed by atoms with Gasteiger partial charge in [0.05, 0.1) is 40.7 Å². The van der Waals surface area contributed by atoms with E-state index in [-0.39, 0.29) is 46.1 Å². The van der Waals surface area contributed by atoms with Gasteiger partial charge >= 0.3 is 5.97 Å². The number of aliphatic hydroxyl groups is 1. The van der Waals surface area contributed by atoms with Crippen LogP contribution in [0.2, 0.25) is 0 Å². The van der Waals surface area contributed by atoms with Crippen molar-refractivity contribution in [3.05, 3.63) is 65.4 Å². The highest BCUT2D eigenvalue weighted by molar-refractivity contribution is 6.03. The summed E-state index contributed by atoms with van der Waals surface area (Å²) in [6, 6.07) is 9.76. The highest BCUT2D eigenvalue weighted by Gasteiger charge is 2.27. The van der Waals surface area contributed by atoms with Crippen LogP contribution in [0.15, 0.2) is 42.6 Å². The van der Waals surface area contributed by atoms with Crippen molar-refractivity contribution in [2.75, 3.05) is 18.0 Å². The van der Waals surface area contributed by atoms with E-state index >= 15 is 4.39 Å². The monoisotopic (exact) mass is 546 g/mol. The van der Waals surface area contributed by atoms with Crippen LogP contribution in [-0.4, -0.2) is 55.7 Å². The molecule has 5 rings (SSSR count). The van der Waals surface area contributed by atoms with E-state index in [0.29, 0.717) is 42.7 Å². The Morgan fingerprint density at radius 3 is 2.52 bits per heavy atom. The fourth-order valence-corrected chi connectivity index (χ4v) is 5.01. The van der Waals surface area contributed by atoms with Gasteiger partial charge in [0, 0.05) is 47.3 Å². The average molecular weight is 547 g/mol. The minimum Gasteiger partial charge on any atom is -0.478 e. The molecule has 0 saturated carbocycles. The first-order chi connectivity index (χ1) is 18.9. The summed E-state index contributed by atoms with van der Waals surface area (Å²) < 4.78 is 32.1. The van der Waals surface area contributed by atoms with Crippen molar-refractivity contribution in [2.24, 2.45) is 5.73 Å². The van der Waals surface area contributed by atoms with Crippen molar-refractivity contribution in [3.8, 4) is 28.5 Å². The lowest BCUT2D eigenvalue weighted by molar-refractivity contribution is 0.0590. The van der Waals surface area contributed by atoms with E-state index < -0.39 is 23.2 Å². The summed E-state index contributed by atoms with van der Waals surface area (Å²) in [6.45, 7) is 4.43. The molecule has 0 radical (unpaired) electrons. The Labute approximate surface area is 229 Å². The van der Waals surface area contributed by atoms with Gasteiger partial charge in [0.1, 0.15) is 23.5 Å². The van der Waals surface area contributed by atoms with Crippen LogP contribution in [0.1, 0.15) is 42.6 Å². The van der Waals surface area contributed by atoms with Gasteiger partial charge in [-0.25, -0.2) is 18.6 Å². The van der Waals surface area contributed by atoms with Crippen LogP contribution in [-0.2, 0) is 6.54 Å². The molecule has 4 aromatic rings. The molecule has 0 atom stereocenters. The third kappa shape index (κ3) is 5.23. The number of fused-ring (bicyclic) bond motifs is 1. The number of pyridine rings is 1. The van der Waals surface area contributed by atoms with Gasteiger partial charge in [-0.05, 0) is 51.0 Å². The average Bonchev–Trinajstić information content (AvgIpc) is 3.27. The van der Waals surface area contributed by atoms with Crippen molar-refractivity contribution in [2.45, 2.75) is 44.9 Å². The molecule has 0 amide bonds. The van der Waals surface area contributed by atoms with Gasteiger partial charge < -0.3 is 20.8 Å². The van der Waals surface area contributed by atoms with Crippen LogP contribution < -0.4 is 10.6 Å². The number of carbonyl (C=O) groups is 1. The number of anilines is 1. The standard InChI is InChI=1S/C29H28F2N6O3/c1-29(2,40)15-37-24-12-23(31)20(9-18(24)14-34-37)26-21(28(38)39)11-25(36-7-5-19(33)6-8-36)35-27(26)16-3-4-17(13-32)22(30)10-16/h3-4,9-12,14,19,40H,5-8,15,33H2,1-2H3,(H,38,39). The molecular formula is C29H28F2N6O3. The van der Waals surface area contributed by atoms with Crippen molar-refractivity contribution in [1.29, 1.82) is 5.26 Å². The number of piperidine rings is 1. The number of carboxylic acids is 1. The number of benzene rings is 2. The van der Waals surface area contributed by atoms with Gasteiger partial charge in [-0.15, -0.1) is 0 Å². The number of aromatic carboxylic acids is 1. The Bertz CT molecular complexity index is 1660. The molecule has 0 aliphatic carbocycles. The van der Waals surface area contributed by atoms with E-state index in [4.69, 9.17) is 10.7 Å². The maximum atomic E-state index is 15.9. The zero-order chi connectivity index (χ0) is 28.8. The Kier molecular flexibility index (Phi) is 6.99. The van der Waals surface area contributed by atoms with Crippen LogP contribution >= 0.6 is 0 Å². The maximum absolute atomic E-state index is 15.9. The van der Waals surface area contributed by atoms with E-state index in [2.05, 4.69) is 5.10 Å². The molecule has 11 heteroatoms. The lowest BCUT2D eigenvalue weighted by Gasteiger charge is -2.32. The summed E-state index contributed by atoms with van der Waals surface area (Å²) in [5.74, 6) is -2.49.